The number of para-hydroxylation sites is 2. The fourth-order valence-electron chi connectivity index (χ4n) is 2.58. The number of benzene rings is 3. The van der Waals surface area contributed by atoms with Crippen LogP contribution in [0.5, 0.6) is 0 Å². The Kier molecular flexibility index (Phi) is 4.81. The van der Waals surface area contributed by atoms with Crippen LogP contribution in [0.4, 0.5) is 26.1 Å². The molecule has 0 amide bonds. The fourth-order valence-corrected chi connectivity index (χ4v) is 3.52. The molecule has 0 fully saturated rings. The summed E-state index contributed by atoms with van der Waals surface area (Å²) in [6.07, 6.45) is 0. The van der Waals surface area contributed by atoms with Crippen LogP contribution in [0.3, 0.4) is 0 Å². The average Bonchev–Trinajstić information content (AvgIpc) is 2.70. The van der Waals surface area contributed by atoms with Gasteiger partial charge in [-0.3, -0.25) is 0 Å². The SMILES string of the molecule is O=S(=O)([N-]c1nc2ccccc2nc1Nc1ccc(F)cc1)c1ccc(F)cc1. The Morgan fingerprint density at radius 3 is 1.93 bits per heavy atom. The molecule has 0 aliphatic rings. The minimum atomic E-state index is -4.16. The van der Waals surface area contributed by atoms with E-state index in [1.54, 1.807) is 24.3 Å². The zero-order chi connectivity index (χ0) is 20.4. The molecule has 0 saturated carbocycles. The number of hydrogen-bond acceptors (Lipinski definition) is 5. The number of anilines is 2. The Morgan fingerprint density at radius 2 is 1.31 bits per heavy atom. The van der Waals surface area contributed by atoms with Crippen molar-refractivity contribution in [2.75, 3.05) is 5.32 Å². The summed E-state index contributed by atoms with van der Waals surface area (Å²) in [5.74, 6) is -1.06. The molecule has 0 unspecified atom stereocenters. The Balaban J connectivity index is 1.77. The number of halogens is 2. The molecule has 4 rings (SSSR count). The molecular formula is C20H13F2N4O2S-. The lowest BCUT2D eigenvalue weighted by atomic mass is 10.3. The van der Waals surface area contributed by atoms with Gasteiger partial charge in [0.15, 0.2) is 0 Å². The van der Waals surface area contributed by atoms with Gasteiger partial charge < -0.3 is 15.0 Å². The van der Waals surface area contributed by atoms with Gasteiger partial charge in [0.1, 0.15) is 17.5 Å². The predicted octanol–water partition coefficient (Wildman–Crippen LogP) is 5.05. The highest BCUT2D eigenvalue weighted by molar-refractivity contribution is 7.94. The molecule has 1 N–H and O–H groups in total. The summed E-state index contributed by atoms with van der Waals surface area (Å²) < 4.78 is 55.4. The maximum absolute atomic E-state index is 13.2. The molecule has 0 spiro atoms. The Bertz CT molecular complexity index is 1280. The van der Waals surface area contributed by atoms with Crippen LogP contribution >= 0.6 is 0 Å². The minimum absolute atomic E-state index is 0.0843. The highest BCUT2D eigenvalue weighted by atomic mass is 32.2. The summed E-state index contributed by atoms with van der Waals surface area (Å²) >= 11 is 0. The topological polar surface area (TPSA) is 86.1 Å². The van der Waals surface area contributed by atoms with Crippen molar-refractivity contribution >= 4 is 38.4 Å². The van der Waals surface area contributed by atoms with E-state index in [1.165, 1.54) is 24.3 Å². The summed E-state index contributed by atoms with van der Waals surface area (Å²) in [6, 6.07) is 16.7. The molecule has 9 heteroatoms. The van der Waals surface area contributed by atoms with E-state index in [4.69, 9.17) is 0 Å². The normalized spacial score (nSPS) is 11.4. The minimum Gasteiger partial charge on any atom is -0.431 e. The lowest BCUT2D eigenvalue weighted by molar-refractivity contribution is 0.601. The first kappa shape index (κ1) is 18.8. The van der Waals surface area contributed by atoms with E-state index in [-0.39, 0.29) is 16.5 Å². The maximum atomic E-state index is 13.2. The van der Waals surface area contributed by atoms with E-state index < -0.39 is 21.7 Å². The molecule has 1 aromatic heterocycles. The van der Waals surface area contributed by atoms with E-state index in [1.807, 2.05) is 0 Å². The van der Waals surface area contributed by atoms with Gasteiger partial charge in [0, 0.05) is 5.69 Å². The van der Waals surface area contributed by atoms with Crippen LogP contribution in [0.2, 0.25) is 0 Å². The van der Waals surface area contributed by atoms with Crippen molar-refractivity contribution in [1.82, 2.24) is 9.97 Å². The number of sulfonamides is 1. The van der Waals surface area contributed by atoms with Crippen molar-refractivity contribution in [3.05, 3.63) is 89.2 Å². The van der Waals surface area contributed by atoms with Crippen LogP contribution < -0.4 is 5.32 Å². The van der Waals surface area contributed by atoms with Gasteiger partial charge in [-0.1, -0.05) is 18.2 Å². The second kappa shape index (κ2) is 7.44. The quantitative estimate of drug-likeness (QED) is 0.497. The number of nitrogens with one attached hydrogen (secondary N) is 1. The zero-order valence-electron chi connectivity index (χ0n) is 14.8. The second-order valence-electron chi connectivity index (χ2n) is 6.04. The van der Waals surface area contributed by atoms with Gasteiger partial charge in [0.2, 0.25) is 10.0 Å². The third-order valence-corrected chi connectivity index (χ3v) is 5.26. The molecule has 0 aliphatic heterocycles. The largest absolute Gasteiger partial charge is 0.431 e. The maximum Gasteiger partial charge on any atom is 0.202 e. The molecule has 29 heavy (non-hydrogen) atoms. The number of aromatic nitrogens is 2. The molecule has 0 radical (unpaired) electrons. The van der Waals surface area contributed by atoms with Crippen molar-refractivity contribution in [2.24, 2.45) is 0 Å². The van der Waals surface area contributed by atoms with Crippen LogP contribution in [0, 0.1) is 11.6 Å². The standard InChI is InChI=1S/C20H13F2N4O2S/c21-13-5-9-15(10-6-13)23-19-20(25-18-4-2-1-3-17(18)24-19)26-29(27,28)16-11-7-14(22)8-12-16/h1-12H,(H-,23,24,25,26)/q-1. The van der Waals surface area contributed by atoms with Crippen LogP contribution in [0.25, 0.3) is 15.8 Å². The molecule has 6 nitrogen and oxygen atoms in total. The van der Waals surface area contributed by atoms with Gasteiger partial charge in [-0.25, -0.2) is 22.2 Å². The summed E-state index contributed by atoms with van der Waals surface area (Å²) in [6.45, 7) is 0. The third kappa shape index (κ3) is 4.14. The van der Waals surface area contributed by atoms with E-state index in [0.717, 1.165) is 24.3 Å². The van der Waals surface area contributed by atoms with Crippen molar-refractivity contribution in [3.63, 3.8) is 0 Å². The fraction of sp³-hybridized carbons (Fsp3) is 0. The number of rotatable bonds is 5. The lowest BCUT2D eigenvalue weighted by Gasteiger charge is -2.21. The van der Waals surface area contributed by atoms with Crippen molar-refractivity contribution in [1.29, 1.82) is 0 Å². The Morgan fingerprint density at radius 1 is 0.759 bits per heavy atom. The summed E-state index contributed by atoms with van der Waals surface area (Å²) in [7, 11) is -4.16. The van der Waals surface area contributed by atoms with Crippen molar-refractivity contribution in [3.8, 4) is 0 Å². The molecular weight excluding hydrogens is 398 g/mol. The molecule has 0 bridgehead atoms. The first-order valence-corrected chi connectivity index (χ1v) is 9.88. The van der Waals surface area contributed by atoms with Crippen LogP contribution in [-0.4, -0.2) is 18.4 Å². The first-order valence-electron chi connectivity index (χ1n) is 8.44. The number of nitrogens with zero attached hydrogens (tertiary/aromatic N) is 3. The molecule has 4 aromatic rings. The smallest absolute Gasteiger partial charge is 0.202 e. The van der Waals surface area contributed by atoms with E-state index in [0.29, 0.717) is 16.7 Å². The lowest BCUT2D eigenvalue weighted by Crippen LogP contribution is -2.03. The molecule has 0 atom stereocenters. The van der Waals surface area contributed by atoms with Crippen molar-refractivity contribution in [2.45, 2.75) is 4.90 Å². The summed E-state index contributed by atoms with van der Waals surface area (Å²) in [5, 5.41) is 2.92. The molecule has 3 aromatic carbocycles. The van der Waals surface area contributed by atoms with Gasteiger partial charge in [-0.05, 0) is 65.9 Å². The second-order valence-corrected chi connectivity index (χ2v) is 7.64. The van der Waals surface area contributed by atoms with Crippen LogP contribution in [0.1, 0.15) is 0 Å². The molecule has 146 valence electrons. The predicted molar refractivity (Wildman–Crippen MR) is 106 cm³/mol. The average molecular weight is 411 g/mol. The number of fused-ring (bicyclic) bond motifs is 1. The van der Waals surface area contributed by atoms with Gasteiger partial charge in [0.25, 0.3) is 0 Å². The molecule has 1 heterocycles. The van der Waals surface area contributed by atoms with Crippen LogP contribution in [0.15, 0.2) is 77.7 Å². The Labute approximate surface area is 165 Å². The summed E-state index contributed by atoms with van der Waals surface area (Å²) in [5.41, 5.74) is 1.45. The zero-order valence-corrected chi connectivity index (χ0v) is 15.6. The van der Waals surface area contributed by atoms with Crippen LogP contribution in [-0.2, 0) is 10.0 Å². The number of hydrogen-bond donors (Lipinski definition) is 1. The van der Waals surface area contributed by atoms with Gasteiger partial charge in [-0.2, -0.15) is 0 Å². The molecule has 0 saturated heterocycles. The van der Waals surface area contributed by atoms with E-state index >= 15 is 0 Å². The summed E-state index contributed by atoms with van der Waals surface area (Å²) in [4.78, 5) is 8.52. The van der Waals surface area contributed by atoms with Gasteiger partial charge in [0.05, 0.1) is 10.4 Å². The van der Waals surface area contributed by atoms with E-state index in [9.17, 15) is 17.2 Å². The van der Waals surface area contributed by atoms with E-state index in [2.05, 4.69) is 20.0 Å². The first-order chi connectivity index (χ1) is 13.9. The molecule has 0 aliphatic carbocycles. The highest BCUT2D eigenvalue weighted by Crippen LogP contribution is 2.34. The van der Waals surface area contributed by atoms with Gasteiger partial charge in [-0.15, -0.1) is 0 Å². The Hall–Kier alpha value is -3.59. The van der Waals surface area contributed by atoms with Gasteiger partial charge >= 0.3 is 0 Å². The third-order valence-electron chi connectivity index (χ3n) is 3.98. The highest BCUT2D eigenvalue weighted by Gasteiger charge is 2.13. The van der Waals surface area contributed by atoms with Crippen molar-refractivity contribution < 1.29 is 17.2 Å². The monoisotopic (exact) mass is 411 g/mol.